The molecular weight excluding hydrogens is 373 g/mol. The quantitative estimate of drug-likeness (QED) is 0.500. The number of ether oxygens (including phenoxy) is 2. The molecule has 0 saturated heterocycles. The number of aromatic nitrogens is 2. The van der Waals surface area contributed by atoms with Crippen molar-refractivity contribution < 1.29 is 18.7 Å². The Morgan fingerprint density at radius 3 is 2.69 bits per heavy atom. The highest BCUT2D eigenvalue weighted by atomic mass is 19.1. The molecule has 1 amide bonds. The van der Waals surface area contributed by atoms with Crippen LogP contribution < -0.4 is 14.8 Å². The van der Waals surface area contributed by atoms with Crippen LogP contribution in [0, 0.1) is 5.82 Å². The molecule has 7 heteroatoms. The van der Waals surface area contributed by atoms with E-state index in [0.717, 1.165) is 16.5 Å². The number of hydrogen-bond acceptors (Lipinski definition) is 4. The molecule has 0 spiro atoms. The number of para-hydroxylation sites is 1. The molecular formula is C22H18FN3O3. The fraction of sp³-hybridized carbons (Fsp3) is 0.0909. The molecule has 6 nitrogen and oxygen atoms in total. The maximum Gasteiger partial charge on any atom is 0.228 e. The summed E-state index contributed by atoms with van der Waals surface area (Å²) in [6, 6.07) is 15.0. The number of nitrogens with one attached hydrogen (secondary N) is 2. The van der Waals surface area contributed by atoms with Crippen LogP contribution in [0.5, 0.6) is 17.4 Å². The van der Waals surface area contributed by atoms with Crippen LogP contribution in [0.4, 0.5) is 10.1 Å². The minimum absolute atomic E-state index is 0.0880. The lowest BCUT2D eigenvalue weighted by Gasteiger charge is -2.08. The van der Waals surface area contributed by atoms with Gasteiger partial charge in [-0.25, -0.2) is 9.37 Å². The fourth-order valence-electron chi connectivity index (χ4n) is 3.06. The first-order chi connectivity index (χ1) is 14.1. The summed E-state index contributed by atoms with van der Waals surface area (Å²) in [4.78, 5) is 19.7. The van der Waals surface area contributed by atoms with Crippen molar-refractivity contribution in [2.75, 3.05) is 12.4 Å². The number of amides is 1. The normalized spacial score (nSPS) is 10.7. The van der Waals surface area contributed by atoms with Crippen molar-refractivity contribution in [3.8, 4) is 17.4 Å². The minimum Gasteiger partial charge on any atom is -0.496 e. The van der Waals surface area contributed by atoms with Gasteiger partial charge in [0.05, 0.1) is 25.4 Å². The van der Waals surface area contributed by atoms with Crippen LogP contribution in [0.25, 0.3) is 10.9 Å². The molecule has 0 aliphatic heterocycles. The molecule has 0 atom stereocenters. The van der Waals surface area contributed by atoms with Gasteiger partial charge in [0.1, 0.15) is 5.75 Å². The number of benzene rings is 2. The van der Waals surface area contributed by atoms with Gasteiger partial charge in [-0.05, 0) is 35.9 Å². The second-order valence-corrected chi connectivity index (χ2v) is 6.34. The molecule has 2 heterocycles. The van der Waals surface area contributed by atoms with Gasteiger partial charge in [0.15, 0.2) is 11.6 Å². The third-order valence-corrected chi connectivity index (χ3v) is 4.39. The summed E-state index contributed by atoms with van der Waals surface area (Å²) >= 11 is 0. The summed E-state index contributed by atoms with van der Waals surface area (Å²) in [6.07, 6.45) is 3.44. The van der Waals surface area contributed by atoms with Gasteiger partial charge in [-0.3, -0.25) is 4.79 Å². The number of fused-ring (bicyclic) bond motifs is 1. The van der Waals surface area contributed by atoms with E-state index < -0.39 is 5.82 Å². The molecule has 4 aromatic rings. The van der Waals surface area contributed by atoms with E-state index in [1.54, 1.807) is 37.6 Å². The van der Waals surface area contributed by atoms with E-state index in [2.05, 4.69) is 15.3 Å². The molecule has 2 N–H and O–H groups in total. The highest BCUT2D eigenvalue weighted by Crippen LogP contribution is 2.29. The Bertz CT molecular complexity index is 1160. The van der Waals surface area contributed by atoms with Crippen molar-refractivity contribution in [1.29, 1.82) is 0 Å². The lowest BCUT2D eigenvalue weighted by Crippen LogP contribution is -2.14. The van der Waals surface area contributed by atoms with Gasteiger partial charge in [-0.2, -0.15) is 0 Å². The van der Waals surface area contributed by atoms with E-state index >= 15 is 0 Å². The Labute approximate surface area is 166 Å². The lowest BCUT2D eigenvalue weighted by atomic mass is 10.1. The number of pyridine rings is 1. The van der Waals surface area contributed by atoms with Crippen molar-refractivity contribution >= 4 is 22.5 Å². The minimum atomic E-state index is -0.471. The fourth-order valence-corrected chi connectivity index (χ4v) is 3.06. The lowest BCUT2D eigenvalue weighted by molar-refractivity contribution is -0.115. The van der Waals surface area contributed by atoms with Gasteiger partial charge in [-0.15, -0.1) is 0 Å². The molecule has 0 bridgehead atoms. The number of nitrogens with zero attached hydrogens (tertiary/aromatic N) is 1. The van der Waals surface area contributed by atoms with Crippen molar-refractivity contribution in [3.63, 3.8) is 0 Å². The Hall–Kier alpha value is -3.87. The second kappa shape index (κ2) is 8.02. The maximum absolute atomic E-state index is 13.7. The van der Waals surface area contributed by atoms with Crippen LogP contribution in [0.15, 0.2) is 67.0 Å². The van der Waals surface area contributed by atoms with Gasteiger partial charge in [0.25, 0.3) is 0 Å². The maximum atomic E-state index is 13.7. The van der Waals surface area contributed by atoms with Crippen molar-refractivity contribution in [2.45, 2.75) is 6.42 Å². The van der Waals surface area contributed by atoms with Crippen LogP contribution in [-0.2, 0) is 11.2 Å². The molecule has 146 valence electrons. The molecule has 0 saturated carbocycles. The van der Waals surface area contributed by atoms with Gasteiger partial charge in [0, 0.05) is 23.2 Å². The first-order valence-electron chi connectivity index (χ1n) is 8.95. The summed E-state index contributed by atoms with van der Waals surface area (Å²) in [7, 11) is 1.60. The average Bonchev–Trinajstić information content (AvgIpc) is 3.14. The number of carbonyl (C=O) groups excluding carboxylic acids is 1. The molecule has 2 aromatic heterocycles. The summed E-state index contributed by atoms with van der Waals surface area (Å²) in [5.41, 5.74) is 2.26. The number of rotatable bonds is 6. The van der Waals surface area contributed by atoms with Crippen molar-refractivity contribution in [1.82, 2.24) is 9.97 Å². The van der Waals surface area contributed by atoms with E-state index in [0.29, 0.717) is 11.4 Å². The Balaban J connectivity index is 1.43. The number of carbonyl (C=O) groups is 1. The van der Waals surface area contributed by atoms with Crippen LogP contribution >= 0.6 is 0 Å². The summed E-state index contributed by atoms with van der Waals surface area (Å²) < 4.78 is 24.5. The largest absolute Gasteiger partial charge is 0.496 e. The zero-order valence-electron chi connectivity index (χ0n) is 15.6. The molecule has 2 aromatic carbocycles. The number of H-pyrrole nitrogens is 1. The summed E-state index contributed by atoms with van der Waals surface area (Å²) in [6.45, 7) is 0. The monoisotopic (exact) mass is 391 g/mol. The predicted octanol–water partition coefficient (Wildman–Crippen LogP) is 4.68. The highest BCUT2D eigenvalue weighted by molar-refractivity contribution is 5.97. The zero-order valence-corrected chi connectivity index (χ0v) is 15.6. The highest BCUT2D eigenvalue weighted by Gasteiger charge is 2.13. The molecule has 0 radical (unpaired) electrons. The predicted molar refractivity (Wildman–Crippen MR) is 108 cm³/mol. The smallest absolute Gasteiger partial charge is 0.228 e. The first-order valence-corrected chi connectivity index (χ1v) is 8.95. The van der Waals surface area contributed by atoms with Gasteiger partial charge in [0.2, 0.25) is 11.8 Å². The van der Waals surface area contributed by atoms with Crippen LogP contribution in [0.1, 0.15) is 5.56 Å². The zero-order chi connectivity index (χ0) is 20.2. The van der Waals surface area contributed by atoms with E-state index in [1.165, 1.54) is 18.3 Å². The number of aromatic amines is 1. The standard InChI is InChI=1S/C22H18FN3O3/c1-28-19-8-4-6-17-22(19)14(12-24-17)11-20(27)26-15-9-10-21(25-13-15)29-18-7-3-2-5-16(18)23/h2-10,12-13,24H,11H2,1H3,(H,26,27). The number of methoxy groups -OCH3 is 1. The molecule has 0 fully saturated rings. The molecule has 0 aliphatic carbocycles. The first kappa shape index (κ1) is 18.5. The molecule has 0 aliphatic rings. The Kier molecular flexibility index (Phi) is 5.11. The average molecular weight is 391 g/mol. The van der Waals surface area contributed by atoms with Crippen LogP contribution in [0.2, 0.25) is 0 Å². The number of anilines is 1. The Morgan fingerprint density at radius 2 is 1.93 bits per heavy atom. The number of halogens is 1. The van der Waals surface area contributed by atoms with Crippen LogP contribution in [0.3, 0.4) is 0 Å². The summed E-state index contributed by atoms with van der Waals surface area (Å²) in [5, 5.41) is 3.69. The topological polar surface area (TPSA) is 76.2 Å². The third kappa shape index (κ3) is 4.03. The van der Waals surface area contributed by atoms with Crippen molar-refractivity contribution in [3.05, 3.63) is 78.4 Å². The van der Waals surface area contributed by atoms with Crippen molar-refractivity contribution in [2.24, 2.45) is 0 Å². The van der Waals surface area contributed by atoms with E-state index in [1.807, 2.05) is 18.2 Å². The second-order valence-electron chi connectivity index (χ2n) is 6.34. The van der Waals surface area contributed by atoms with E-state index in [9.17, 15) is 9.18 Å². The molecule has 29 heavy (non-hydrogen) atoms. The van der Waals surface area contributed by atoms with Gasteiger partial charge < -0.3 is 19.8 Å². The molecule has 0 unspecified atom stereocenters. The molecule has 4 rings (SSSR count). The van der Waals surface area contributed by atoms with Crippen LogP contribution in [-0.4, -0.2) is 23.0 Å². The van der Waals surface area contributed by atoms with E-state index in [4.69, 9.17) is 9.47 Å². The van der Waals surface area contributed by atoms with Gasteiger partial charge >= 0.3 is 0 Å². The van der Waals surface area contributed by atoms with Gasteiger partial charge in [-0.1, -0.05) is 18.2 Å². The SMILES string of the molecule is COc1cccc2[nH]cc(CC(=O)Nc3ccc(Oc4ccccc4F)nc3)c12. The Morgan fingerprint density at radius 1 is 1.10 bits per heavy atom. The summed E-state index contributed by atoms with van der Waals surface area (Å²) in [5.74, 6) is 0.365. The van der Waals surface area contributed by atoms with E-state index in [-0.39, 0.29) is 24.0 Å². The third-order valence-electron chi connectivity index (χ3n) is 4.39. The number of hydrogen-bond donors (Lipinski definition) is 2.